The smallest absolute Gasteiger partial charge is 0.411 e. The molecule has 2 aliphatic heterocycles. The fraction of sp³-hybridized carbons (Fsp3) is 0.444. The topological polar surface area (TPSA) is 116 Å². The third-order valence-electron chi connectivity index (χ3n) is 10.0. The van der Waals surface area contributed by atoms with Crippen LogP contribution in [-0.2, 0) is 4.74 Å². The van der Waals surface area contributed by atoms with Crippen LogP contribution in [0.15, 0.2) is 69.9 Å². The van der Waals surface area contributed by atoms with Gasteiger partial charge in [-0.2, -0.15) is 0 Å². The van der Waals surface area contributed by atoms with Gasteiger partial charge in [-0.25, -0.2) is 19.6 Å². The molecule has 2 aromatic heterocycles. The van der Waals surface area contributed by atoms with Crippen LogP contribution in [0, 0.1) is 5.41 Å². The van der Waals surface area contributed by atoms with Crippen molar-refractivity contribution in [1.29, 1.82) is 0 Å². The van der Waals surface area contributed by atoms with E-state index in [9.17, 15) is 19.8 Å². The van der Waals surface area contributed by atoms with E-state index in [4.69, 9.17) is 4.74 Å². The second kappa shape index (κ2) is 13.3. The second-order valence-electron chi connectivity index (χ2n) is 13.6. The zero-order valence-corrected chi connectivity index (χ0v) is 30.0. The number of carboxylic acid groups (broad SMARTS) is 1. The molecule has 2 aliphatic rings. The molecule has 0 bridgehead atoms. The van der Waals surface area contributed by atoms with E-state index >= 15 is 0 Å². The minimum atomic E-state index is -1.07. The molecule has 2 amide bonds. The van der Waals surface area contributed by atoms with Crippen molar-refractivity contribution in [3.05, 3.63) is 81.0 Å². The first kappa shape index (κ1) is 33.6. The maximum absolute atomic E-state index is 14.8. The SMILES string of the molecule is CC(C)(C)[C@]1([C@@H](O)c2cc(Br)nc3ccccc23)CCCCN1C(=O)O[C@H](c1cc(Br)nc2ccccc12)[C@H]1CCCCN1C(=O)O. The van der Waals surface area contributed by atoms with Crippen molar-refractivity contribution in [3.8, 4) is 0 Å². The van der Waals surface area contributed by atoms with E-state index in [1.807, 2.05) is 60.7 Å². The lowest BCUT2D eigenvalue weighted by molar-refractivity contribution is -0.117. The van der Waals surface area contributed by atoms with Crippen LogP contribution in [0.5, 0.6) is 0 Å². The van der Waals surface area contributed by atoms with Gasteiger partial charge in [0.05, 0.1) is 22.6 Å². The number of nitrogens with zero attached hydrogens (tertiary/aromatic N) is 4. The number of amides is 2. The van der Waals surface area contributed by atoms with Gasteiger partial charge in [0.15, 0.2) is 0 Å². The Hall–Kier alpha value is -3.28. The number of carbonyl (C=O) groups is 2. The number of para-hydroxylation sites is 2. The molecule has 4 heterocycles. The maximum Gasteiger partial charge on any atom is 0.411 e. The number of pyridine rings is 2. The Bertz CT molecular complexity index is 1810. The highest BCUT2D eigenvalue weighted by Gasteiger charge is 2.56. The number of aromatic nitrogens is 2. The van der Waals surface area contributed by atoms with Crippen LogP contribution in [0.2, 0.25) is 0 Å². The molecule has 6 rings (SSSR count). The van der Waals surface area contributed by atoms with E-state index in [1.165, 1.54) is 4.90 Å². The summed E-state index contributed by atoms with van der Waals surface area (Å²) in [4.78, 5) is 39.8. The number of benzene rings is 2. The van der Waals surface area contributed by atoms with Crippen LogP contribution in [0.3, 0.4) is 0 Å². The standard InChI is InChI=1S/C36H40Br2N4O5/c1-35(2,3)36(32(43)25-21-30(38)40-27-15-7-5-13-23(25)27)17-9-11-19-42(36)34(46)47-31(28-16-8-10-18-41(28)33(44)45)24-20-29(37)39-26-14-6-4-12-22(24)26/h4-7,12-15,20-21,28,31-32,43H,8-11,16-19H2,1-3H3,(H,44,45)/t28-,31-,32+,36-/m1/s1. The fourth-order valence-corrected chi connectivity index (χ4v) is 8.69. The minimum Gasteiger partial charge on any atom is -0.465 e. The highest BCUT2D eigenvalue weighted by Crippen LogP contribution is 2.52. The van der Waals surface area contributed by atoms with Gasteiger partial charge in [-0.1, -0.05) is 57.2 Å². The average Bonchev–Trinajstić information content (AvgIpc) is 3.05. The summed E-state index contributed by atoms with van der Waals surface area (Å²) >= 11 is 7.09. The van der Waals surface area contributed by atoms with Gasteiger partial charge in [0.1, 0.15) is 21.4 Å². The fourth-order valence-electron chi connectivity index (χ4n) is 7.81. The van der Waals surface area contributed by atoms with Crippen LogP contribution in [-0.4, -0.2) is 66.8 Å². The lowest BCUT2D eigenvalue weighted by atomic mass is 9.63. The molecule has 0 aliphatic carbocycles. The van der Waals surface area contributed by atoms with E-state index in [0.29, 0.717) is 51.8 Å². The molecule has 2 saturated heterocycles. The summed E-state index contributed by atoms with van der Waals surface area (Å²) in [6.07, 6.45) is 0.631. The van der Waals surface area contributed by atoms with Crippen molar-refractivity contribution in [2.45, 2.75) is 83.1 Å². The Balaban J connectivity index is 1.48. The monoisotopic (exact) mass is 766 g/mol. The summed E-state index contributed by atoms with van der Waals surface area (Å²) in [7, 11) is 0. The summed E-state index contributed by atoms with van der Waals surface area (Å²) in [5.41, 5.74) is 1.20. The van der Waals surface area contributed by atoms with Gasteiger partial charge >= 0.3 is 12.2 Å². The molecular weight excluding hydrogens is 728 g/mol. The van der Waals surface area contributed by atoms with Crippen LogP contribution < -0.4 is 0 Å². The van der Waals surface area contributed by atoms with Gasteiger partial charge in [0, 0.05) is 29.4 Å². The van der Waals surface area contributed by atoms with Crippen LogP contribution >= 0.6 is 31.9 Å². The number of hydrogen-bond donors (Lipinski definition) is 2. The summed E-state index contributed by atoms with van der Waals surface area (Å²) < 4.78 is 7.77. The van der Waals surface area contributed by atoms with Crippen LogP contribution in [0.4, 0.5) is 9.59 Å². The molecule has 4 atom stereocenters. The first-order chi connectivity index (χ1) is 22.4. The number of piperidine rings is 2. The molecule has 2 fully saturated rings. The van der Waals surface area contributed by atoms with Crippen LogP contribution in [0.25, 0.3) is 21.8 Å². The van der Waals surface area contributed by atoms with E-state index in [1.54, 1.807) is 4.90 Å². The Morgan fingerprint density at radius 3 is 2.09 bits per heavy atom. The largest absolute Gasteiger partial charge is 0.465 e. The summed E-state index contributed by atoms with van der Waals surface area (Å²) in [5.74, 6) is 0. The number of ether oxygens (including phenoxy) is 1. The van der Waals surface area contributed by atoms with Crippen molar-refractivity contribution in [2.75, 3.05) is 13.1 Å². The lowest BCUT2D eigenvalue weighted by Gasteiger charge is -2.56. The summed E-state index contributed by atoms with van der Waals surface area (Å²) in [6, 6.07) is 18.4. The molecular formula is C36H40Br2N4O5. The molecule has 0 radical (unpaired) electrons. The van der Waals surface area contributed by atoms with Crippen molar-refractivity contribution >= 4 is 65.9 Å². The van der Waals surface area contributed by atoms with Gasteiger partial charge in [0.25, 0.3) is 0 Å². The van der Waals surface area contributed by atoms with E-state index in [-0.39, 0.29) is 0 Å². The quantitative estimate of drug-likeness (QED) is 0.195. The molecule has 4 aromatic rings. The molecule has 0 saturated carbocycles. The highest BCUT2D eigenvalue weighted by atomic mass is 79.9. The Labute approximate surface area is 291 Å². The van der Waals surface area contributed by atoms with Crippen molar-refractivity contribution in [3.63, 3.8) is 0 Å². The van der Waals surface area contributed by atoms with E-state index in [2.05, 4.69) is 62.6 Å². The molecule has 248 valence electrons. The summed E-state index contributed by atoms with van der Waals surface area (Å²) in [5, 5.41) is 24.4. The lowest BCUT2D eigenvalue weighted by Crippen LogP contribution is -2.65. The number of hydrogen-bond acceptors (Lipinski definition) is 6. The number of fused-ring (bicyclic) bond motifs is 2. The molecule has 47 heavy (non-hydrogen) atoms. The van der Waals surface area contributed by atoms with Crippen LogP contribution in [0.1, 0.15) is 82.6 Å². The average molecular weight is 769 g/mol. The number of rotatable bonds is 5. The minimum absolute atomic E-state index is 0.358. The van der Waals surface area contributed by atoms with Gasteiger partial charge < -0.3 is 19.8 Å². The number of carbonyl (C=O) groups excluding carboxylic acids is 1. The van der Waals surface area contributed by atoms with Gasteiger partial charge in [-0.3, -0.25) is 4.90 Å². The third-order valence-corrected chi connectivity index (χ3v) is 10.9. The maximum atomic E-state index is 14.8. The van der Waals surface area contributed by atoms with Crippen molar-refractivity contribution < 1.29 is 24.5 Å². The first-order valence-electron chi connectivity index (χ1n) is 16.2. The van der Waals surface area contributed by atoms with Crippen molar-refractivity contribution in [2.24, 2.45) is 5.41 Å². The van der Waals surface area contributed by atoms with Gasteiger partial charge in [-0.05, 0) is 106 Å². The third kappa shape index (κ3) is 6.22. The van der Waals surface area contributed by atoms with E-state index < -0.39 is 41.4 Å². The number of halogens is 2. The zero-order chi connectivity index (χ0) is 33.5. The molecule has 11 heteroatoms. The molecule has 0 unspecified atom stereocenters. The van der Waals surface area contributed by atoms with Gasteiger partial charge in [0.2, 0.25) is 0 Å². The molecule has 0 spiro atoms. The zero-order valence-electron chi connectivity index (χ0n) is 26.8. The second-order valence-corrected chi connectivity index (χ2v) is 15.3. The first-order valence-corrected chi connectivity index (χ1v) is 17.8. The molecule has 9 nitrogen and oxygen atoms in total. The number of likely N-dealkylation sites (tertiary alicyclic amines) is 2. The van der Waals surface area contributed by atoms with E-state index in [0.717, 1.165) is 42.0 Å². The normalized spacial score (nSPS) is 21.9. The predicted octanol–water partition coefficient (Wildman–Crippen LogP) is 9.02. The summed E-state index contributed by atoms with van der Waals surface area (Å²) in [6.45, 7) is 6.91. The highest BCUT2D eigenvalue weighted by molar-refractivity contribution is 9.10. The predicted molar refractivity (Wildman–Crippen MR) is 188 cm³/mol. The van der Waals surface area contributed by atoms with Crippen molar-refractivity contribution in [1.82, 2.24) is 19.8 Å². The van der Waals surface area contributed by atoms with Gasteiger partial charge in [-0.15, -0.1) is 0 Å². The Morgan fingerprint density at radius 2 is 1.47 bits per heavy atom. The molecule has 2 N–H and O–H groups in total. The number of aliphatic hydroxyl groups is 1. The molecule has 2 aromatic carbocycles. The Kier molecular flexibility index (Phi) is 9.53. The number of aliphatic hydroxyl groups excluding tert-OH is 1. The Morgan fingerprint density at radius 1 is 0.894 bits per heavy atom.